The third kappa shape index (κ3) is 3.00. The van der Waals surface area contributed by atoms with Gasteiger partial charge >= 0.3 is 5.69 Å². The van der Waals surface area contributed by atoms with Crippen LogP contribution in [-0.4, -0.2) is 9.13 Å². The first-order chi connectivity index (χ1) is 12.2. The van der Waals surface area contributed by atoms with Gasteiger partial charge in [-0.05, 0) is 40.8 Å². The second-order valence-corrected chi connectivity index (χ2v) is 7.68. The van der Waals surface area contributed by atoms with Crippen LogP contribution in [-0.2, 0) is 13.6 Å². The molecule has 0 aliphatic carbocycles. The van der Waals surface area contributed by atoms with E-state index in [-0.39, 0.29) is 11.1 Å². The molecule has 1 heterocycles. The molecule has 5 heteroatoms. The van der Waals surface area contributed by atoms with Gasteiger partial charge in [-0.1, -0.05) is 32.9 Å². The first-order valence-electron chi connectivity index (χ1n) is 8.39. The number of benzene rings is 2. The molecule has 0 bridgehead atoms. The van der Waals surface area contributed by atoms with Crippen LogP contribution in [0.4, 0.5) is 0 Å². The summed E-state index contributed by atoms with van der Waals surface area (Å²) in [6.07, 6.45) is 0. The summed E-state index contributed by atoms with van der Waals surface area (Å²) in [5, 5.41) is 18.3. The normalized spacial score (nSPS) is 11.3. The van der Waals surface area contributed by atoms with Gasteiger partial charge < -0.3 is 0 Å². The van der Waals surface area contributed by atoms with Gasteiger partial charge in [-0.3, -0.25) is 9.13 Å². The topological polar surface area (TPSA) is 74.5 Å². The molecule has 0 fully saturated rings. The highest BCUT2D eigenvalue weighted by Gasteiger charge is 2.18. The van der Waals surface area contributed by atoms with Crippen molar-refractivity contribution in [3.63, 3.8) is 0 Å². The molecule has 0 aliphatic heterocycles. The average molecular weight is 344 g/mol. The lowest BCUT2D eigenvalue weighted by atomic mass is 9.96. The maximum atomic E-state index is 12.6. The van der Waals surface area contributed by atoms with Gasteiger partial charge in [0.2, 0.25) is 0 Å². The molecule has 0 radical (unpaired) electrons. The van der Waals surface area contributed by atoms with Crippen LogP contribution in [0.25, 0.3) is 22.2 Å². The third-order valence-corrected chi connectivity index (χ3v) is 4.37. The van der Waals surface area contributed by atoms with Gasteiger partial charge in [-0.25, -0.2) is 4.79 Å². The zero-order valence-corrected chi connectivity index (χ0v) is 15.4. The van der Waals surface area contributed by atoms with Crippen LogP contribution in [0.1, 0.15) is 31.9 Å². The Balaban J connectivity index is 2.18. The second-order valence-electron chi connectivity index (χ2n) is 7.68. The zero-order valence-electron chi connectivity index (χ0n) is 15.4. The van der Waals surface area contributed by atoms with Gasteiger partial charge in [0.05, 0.1) is 22.2 Å². The number of aryl methyl sites for hydroxylation is 1. The minimum Gasteiger partial charge on any atom is -0.295 e. The molecule has 0 amide bonds. The Bertz CT molecular complexity index is 1140. The van der Waals surface area contributed by atoms with Crippen molar-refractivity contribution in [2.75, 3.05) is 0 Å². The fourth-order valence-corrected chi connectivity index (χ4v) is 3.13. The minimum absolute atomic E-state index is 0.00833. The van der Waals surface area contributed by atoms with Crippen molar-refractivity contribution in [2.45, 2.75) is 27.3 Å². The van der Waals surface area contributed by atoms with Crippen molar-refractivity contribution < 1.29 is 0 Å². The largest absolute Gasteiger partial charge is 0.328 e. The Hall–Kier alpha value is -3.31. The molecule has 0 atom stereocenters. The SMILES string of the molecule is Cn1c(=O)n(CC(C)(C)C)c2ccc(-c3ccc(C#N)c(C#N)c3)cc21. The average Bonchev–Trinajstić information content (AvgIpc) is 2.84. The fraction of sp³-hybridized carbons (Fsp3) is 0.286. The molecule has 0 spiro atoms. The van der Waals surface area contributed by atoms with Crippen LogP contribution in [0.3, 0.4) is 0 Å². The monoisotopic (exact) mass is 344 g/mol. The Kier molecular flexibility index (Phi) is 4.18. The van der Waals surface area contributed by atoms with Crippen molar-refractivity contribution in [1.82, 2.24) is 9.13 Å². The van der Waals surface area contributed by atoms with Gasteiger partial charge in [0.15, 0.2) is 0 Å². The lowest BCUT2D eigenvalue weighted by Gasteiger charge is -2.18. The second kappa shape index (κ2) is 6.20. The summed E-state index contributed by atoms with van der Waals surface area (Å²) in [5.74, 6) is 0. The highest BCUT2D eigenvalue weighted by molar-refractivity contribution is 5.83. The Morgan fingerprint density at radius 2 is 1.54 bits per heavy atom. The van der Waals surface area contributed by atoms with E-state index in [2.05, 4.69) is 26.8 Å². The first-order valence-corrected chi connectivity index (χ1v) is 8.39. The summed E-state index contributed by atoms with van der Waals surface area (Å²) in [6.45, 7) is 6.95. The zero-order chi connectivity index (χ0) is 19.1. The molecule has 2 aromatic carbocycles. The van der Waals surface area contributed by atoms with E-state index in [0.29, 0.717) is 17.7 Å². The van der Waals surface area contributed by atoms with Crippen molar-refractivity contribution >= 4 is 11.0 Å². The molecule has 26 heavy (non-hydrogen) atoms. The summed E-state index contributed by atoms with van der Waals surface area (Å²) in [4.78, 5) is 12.6. The number of fused-ring (bicyclic) bond motifs is 1. The summed E-state index contributed by atoms with van der Waals surface area (Å²) < 4.78 is 3.46. The van der Waals surface area contributed by atoms with E-state index >= 15 is 0 Å². The molecular formula is C21H20N4O. The Morgan fingerprint density at radius 3 is 2.15 bits per heavy atom. The number of nitriles is 2. The van der Waals surface area contributed by atoms with Gasteiger partial charge in [-0.15, -0.1) is 0 Å². The van der Waals surface area contributed by atoms with Gasteiger partial charge in [0.25, 0.3) is 0 Å². The highest BCUT2D eigenvalue weighted by Crippen LogP contribution is 2.27. The van der Waals surface area contributed by atoms with Crippen molar-refractivity contribution in [3.8, 4) is 23.3 Å². The molecule has 130 valence electrons. The van der Waals surface area contributed by atoms with Gasteiger partial charge in [-0.2, -0.15) is 10.5 Å². The number of rotatable bonds is 2. The number of hydrogen-bond acceptors (Lipinski definition) is 3. The van der Waals surface area contributed by atoms with Gasteiger partial charge in [0, 0.05) is 13.6 Å². The smallest absolute Gasteiger partial charge is 0.295 e. The van der Waals surface area contributed by atoms with Crippen molar-refractivity contribution in [3.05, 3.63) is 58.0 Å². The van der Waals surface area contributed by atoms with Crippen molar-refractivity contribution in [2.24, 2.45) is 12.5 Å². The van der Waals surface area contributed by atoms with Crippen LogP contribution in [0, 0.1) is 28.1 Å². The summed E-state index contributed by atoms with van der Waals surface area (Å²) in [7, 11) is 1.77. The fourth-order valence-electron chi connectivity index (χ4n) is 3.13. The van der Waals surface area contributed by atoms with Crippen LogP contribution in [0.15, 0.2) is 41.2 Å². The molecule has 5 nitrogen and oxygen atoms in total. The van der Waals surface area contributed by atoms with E-state index < -0.39 is 0 Å². The highest BCUT2D eigenvalue weighted by atomic mass is 16.1. The predicted octanol–water partition coefficient (Wildman–Crippen LogP) is 3.80. The minimum atomic E-state index is -0.0374. The molecule has 0 aliphatic rings. The third-order valence-electron chi connectivity index (χ3n) is 4.37. The molecule has 1 aromatic heterocycles. The Labute approximate surface area is 152 Å². The lowest BCUT2D eigenvalue weighted by Crippen LogP contribution is -2.27. The maximum Gasteiger partial charge on any atom is 0.328 e. The molecular weight excluding hydrogens is 324 g/mol. The van der Waals surface area contributed by atoms with Crippen LogP contribution >= 0.6 is 0 Å². The molecule has 0 saturated heterocycles. The predicted molar refractivity (Wildman–Crippen MR) is 102 cm³/mol. The first kappa shape index (κ1) is 17.5. The number of imidazole rings is 1. The number of hydrogen-bond donors (Lipinski definition) is 0. The van der Waals surface area contributed by atoms with Crippen LogP contribution in [0.5, 0.6) is 0 Å². The lowest BCUT2D eigenvalue weighted by molar-refractivity contribution is 0.342. The summed E-state index contributed by atoms with van der Waals surface area (Å²) in [5.41, 5.74) is 4.16. The molecule has 0 saturated carbocycles. The number of nitrogens with zero attached hydrogens (tertiary/aromatic N) is 4. The van der Waals surface area contributed by atoms with E-state index in [4.69, 9.17) is 5.26 Å². The maximum absolute atomic E-state index is 12.6. The van der Waals surface area contributed by atoms with Crippen molar-refractivity contribution in [1.29, 1.82) is 10.5 Å². The standard InChI is InChI=1S/C21H20N4O/c1-21(2,3)13-25-18-8-7-15(10-19(18)24(4)20(25)26)14-5-6-16(11-22)17(9-14)12-23/h5-10H,13H2,1-4H3. The Morgan fingerprint density at radius 1 is 0.923 bits per heavy atom. The van der Waals surface area contributed by atoms with E-state index in [9.17, 15) is 10.1 Å². The molecule has 0 unspecified atom stereocenters. The van der Waals surface area contributed by atoms with E-state index in [1.165, 1.54) is 0 Å². The number of aromatic nitrogens is 2. The van der Waals surface area contributed by atoms with E-state index in [0.717, 1.165) is 22.2 Å². The molecule has 3 rings (SSSR count). The quantitative estimate of drug-likeness (QED) is 0.710. The van der Waals surface area contributed by atoms with E-state index in [1.807, 2.05) is 30.3 Å². The molecule has 0 N–H and O–H groups in total. The van der Waals surface area contributed by atoms with Crippen LogP contribution in [0.2, 0.25) is 0 Å². The summed E-state index contributed by atoms with van der Waals surface area (Å²) >= 11 is 0. The molecule has 3 aromatic rings. The van der Waals surface area contributed by atoms with E-state index in [1.54, 1.807) is 28.3 Å². The summed E-state index contributed by atoms with van der Waals surface area (Å²) in [6, 6.07) is 15.1. The van der Waals surface area contributed by atoms with Crippen LogP contribution < -0.4 is 5.69 Å². The van der Waals surface area contributed by atoms with Gasteiger partial charge in [0.1, 0.15) is 12.1 Å².